The molecule has 0 fully saturated rings. The minimum atomic E-state index is -3.65. The molecular weight excluding hydrogens is 212 g/mol. The van der Waals surface area contributed by atoms with Gasteiger partial charge in [0, 0.05) is 6.26 Å². The third-order valence-electron chi connectivity index (χ3n) is 1.26. The van der Waals surface area contributed by atoms with Crippen LogP contribution in [0.5, 0.6) is 0 Å². The summed E-state index contributed by atoms with van der Waals surface area (Å²) in [5, 5.41) is 5.63. The third-order valence-corrected chi connectivity index (χ3v) is 2.15. The normalized spacial score (nSPS) is 11.2. The zero-order valence-corrected chi connectivity index (χ0v) is 7.83. The lowest BCUT2D eigenvalue weighted by Crippen LogP contribution is -2.28. The number of sulfone groups is 1. The number of carbonyl (C=O) groups is 1. The lowest BCUT2D eigenvalue weighted by atomic mass is 10.4. The zero-order chi connectivity index (χ0) is 10.9. The van der Waals surface area contributed by atoms with Gasteiger partial charge in [-0.2, -0.15) is 0 Å². The average molecular weight is 218 g/mol. The van der Waals surface area contributed by atoms with Crippen molar-refractivity contribution >= 4 is 15.7 Å². The molecule has 0 bridgehead atoms. The fourth-order valence-electron chi connectivity index (χ4n) is 0.650. The van der Waals surface area contributed by atoms with Crippen molar-refractivity contribution in [2.45, 2.75) is 5.16 Å². The minimum Gasteiger partial charge on any atom is -0.364 e. The van der Waals surface area contributed by atoms with E-state index in [0.717, 1.165) is 6.26 Å². The average Bonchev–Trinajstić information content (AvgIpc) is 2.01. The van der Waals surface area contributed by atoms with Crippen LogP contribution in [0.4, 0.5) is 0 Å². The van der Waals surface area contributed by atoms with E-state index in [0.29, 0.717) is 0 Å². The van der Waals surface area contributed by atoms with Gasteiger partial charge in [-0.15, -0.1) is 10.2 Å². The topological polar surface area (TPSA) is 136 Å². The first-order valence-electron chi connectivity index (χ1n) is 3.29. The summed E-state index contributed by atoms with van der Waals surface area (Å²) >= 11 is 0. The van der Waals surface area contributed by atoms with Crippen LogP contribution < -0.4 is 11.3 Å². The molecule has 8 nitrogen and oxygen atoms in total. The number of nitrogens with two attached hydrogens (primary N) is 1. The maximum absolute atomic E-state index is 11.0. The Kier molecular flexibility index (Phi) is 2.34. The van der Waals surface area contributed by atoms with Crippen molar-refractivity contribution in [1.29, 1.82) is 0 Å². The van der Waals surface area contributed by atoms with Gasteiger partial charge in [0.1, 0.15) is 0 Å². The molecule has 0 radical (unpaired) electrons. The van der Waals surface area contributed by atoms with Gasteiger partial charge < -0.3 is 5.73 Å². The first kappa shape index (κ1) is 10.3. The minimum absolute atomic E-state index is 0.604. The Morgan fingerprint density at radius 2 is 2.00 bits per heavy atom. The standard InChI is InChI=1S/C5H6N4O4S/c1-14(12,13)5-7-4(11)2(3(6)10)8-9-5/h1H3,(H2,6,10)(H,7,9,11). The number of primary amides is 1. The number of hydrogen-bond donors (Lipinski definition) is 2. The number of nitrogens with one attached hydrogen (secondary N) is 1. The van der Waals surface area contributed by atoms with Crippen molar-refractivity contribution in [3.8, 4) is 0 Å². The third kappa shape index (κ3) is 1.93. The SMILES string of the molecule is CS(=O)(=O)c1nnc(C(N)=O)c(=O)[nH]1. The van der Waals surface area contributed by atoms with Gasteiger partial charge >= 0.3 is 0 Å². The summed E-state index contributed by atoms with van der Waals surface area (Å²) in [5.41, 5.74) is 3.16. The van der Waals surface area contributed by atoms with Gasteiger partial charge in [0.15, 0.2) is 0 Å². The summed E-state index contributed by atoms with van der Waals surface area (Å²) in [4.78, 5) is 23.4. The molecule has 1 rings (SSSR count). The van der Waals surface area contributed by atoms with Crippen molar-refractivity contribution in [3.63, 3.8) is 0 Å². The zero-order valence-electron chi connectivity index (χ0n) is 7.01. The summed E-state index contributed by atoms with van der Waals surface area (Å²) in [6.07, 6.45) is 0.844. The molecule has 0 atom stereocenters. The first-order chi connectivity index (χ1) is 6.32. The van der Waals surface area contributed by atoms with Crippen LogP contribution in [0, 0.1) is 0 Å². The van der Waals surface area contributed by atoms with Crippen LogP contribution >= 0.6 is 0 Å². The number of carbonyl (C=O) groups excluding carboxylic acids is 1. The van der Waals surface area contributed by atoms with Gasteiger partial charge in [0.25, 0.3) is 11.5 Å². The van der Waals surface area contributed by atoms with Crippen molar-refractivity contribution in [2.24, 2.45) is 5.73 Å². The van der Waals surface area contributed by atoms with E-state index in [1.54, 1.807) is 0 Å². The number of aromatic nitrogens is 3. The quantitative estimate of drug-likeness (QED) is 0.571. The predicted molar refractivity (Wildman–Crippen MR) is 44.3 cm³/mol. The molecule has 1 aromatic rings. The molecule has 0 unspecified atom stereocenters. The number of rotatable bonds is 2. The van der Waals surface area contributed by atoms with E-state index in [4.69, 9.17) is 5.73 Å². The van der Waals surface area contributed by atoms with Crippen LogP contribution in [0.15, 0.2) is 9.95 Å². The lowest BCUT2D eigenvalue weighted by Gasteiger charge is -1.96. The molecule has 1 amide bonds. The highest BCUT2D eigenvalue weighted by Crippen LogP contribution is 1.94. The molecular formula is C5H6N4O4S. The second kappa shape index (κ2) is 3.18. The second-order valence-electron chi connectivity index (χ2n) is 2.44. The van der Waals surface area contributed by atoms with Crippen molar-refractivity contribution in [3.05, 3.63) is 16.0 Å². The highest BCUT2D eigenvalue weighted by Gasteiger charge is 2.15. The monoisotopic (exact) mass is 218 g/mol. The number of nitrogens with zero attached hydrogens (tertiary/aromatic N) is 2. The fourth-order valence-corrected chi connectivity index (χ4v) is 1.12. The largest absolute Gasteiger partial charge is 0.364 e. The molecule has 0 spiro atoms. The Labute approximate surface area is 78.1 Å². The molecule has 3 N–H and O–H groups in total. The Balaban J connectivity index is 3.42. The Hall–Kier alpha value is -1.77. The molecule has 0 saturated heterocycles. The predicted octanol–water partition coefficient (Wildman–Crippen LogP) is -2.33. The Bertz CT molecular complexity index is 531. The van der Waals surface area contributed by atoms with E-state index in [9.17, 15) is 18.0 Å². The molecule has 0 aliphatic heterocycles. The maximum atomic E-state index is 11.0. The maximum Gasteiger partial charge on any atom is 0.283 e. The van der Waals surface area contributed by atoms with Crippen LogP contribution in [0.1, 0.15) is 10.5 Å². The van der Waals surface area contributed by atoms with E-state index in [1.807, 2.05) is 4.98 Å². The molecule has 0 aromatic carbocycles. The molecule has 76 valence electrons. The highest BCUT2D eigenvalue weighted by atomic mass is 32.2. The van der Waals surface area contributed by atoms with E-state index in [1.165, 1.54) is 0 Å². The summed E-state index contributed by atoms with van der Waals surface area (Å²) in [6, 6.07) is 0. The van der Waals surface area contributed by atoms with Crippen LogP contribution in [0.2, 0.25) is 0 Å². The van der Waals surface area contributed by atoms with Crippen molar-refractivity contribution in [2.75, 3.05) is 6.26 Å². The molecule has 1 heterocycles. The van der Waals surface area contributed by atoms with E-state index in [-0.39, 0.29) is 0 Å². The van der Waals surface area contributed by atoms with Gasteiger partial charge in [-0.25, -0.2) is 8.42 Å². The van der Waals surface area contributed by atoms with Crippen molar-refractivity contribution < 1.29 is 13.2 Å². The number of aromatic amines is 1. The van der Waals surface area contributed by atoms with Crippen molar-refractivity contribution in [1.82, 2.24) is 15.2 Å². The number of H-pyrrole nitrogens is 1. The smallest absolute Gasteiger partial charge is 0.283 e. The molecule has 1 aromatic heterocycles. The Morgan fingerprint density at radius 1 is 1.43 bits per heavy atom. The Morgan fingerprint density at radius 3 is 2.36 bits per heavy atom. The number of amides is 1. The van der Waals surface area contributed by atoms with Gasteiger partial charge in [0.05, 0.1) is 0 Å². The molecule has 14 heavy (non-hydrogen) atoms. The van der Waals surface area contributed by atoms with Gasteiger partial charge in [0.2, 0.25) is 20.7 Å². The molecule has 0 aliphatic carbocycles. The second-order valence-corrected chi connectivity index (χ2v) is 4.38. The summed E-state index contributed by atoms with van der Waals surface area (Å²) in [7, 11) is -3.65. The van der Waals surface area contributed by atoms with E-state index >= 15 is 0 Å². The van der Waals surface area contributed by atoms with Crippen LogP contribution in [-0.4, -0.2) is 35.8 Å². The summed E-state index contributed by atoms with van der Waals surface area (Å²) in [6.45, 7) is 0. The van der Waals surface area contributed by atoms with Gasteiger partial charge in [-0.1, -0.05) is 0 Å². The van der Waals surface area contributed by atoms with Gasteiger partial charge in [-0.3, -0.25) is 14.6 Å². The molecule has 9 heteroatoms. The van der Waals surface area contributed by atoms with Crippen LogP contribution in [0.25, 0.3) is 0 Å². The summed E-state index contributed by atoms with van der Waals surface area (Å²) in [5.74, 6) is -1.07. The number of hydrogen-bond acceptors (Lipinski definition) is 6. The summed E-state index contributed by atoms with van der Waals surface area (Å²) < 4.78 is 21.8. The fraction of sp³-hybridized carbons (Fsp3) is 0.200. The van der Waals surface area contributed by atoms with E-state index < -0.39 is 32.2 Å². The molecule has 0 saturated carbocycles. The van der Waals surface area contributed by atoms with E-state index in [2.05, 4.69) is 10.2 Å². The van der Waals surface area contributed by atoms with Crippen LogP contribution in [-0.2, 0) is 9.84 Å². The molecule has 0 aliphatic rings. The lowest BCUT2D eigenvalue weighted by molar-refractivity contribution is 0.0992. The highest BCUT2D eigenvalue weighted by molar-refractivity contribution is 7.90. The van der Waals surface area contributed by atoms with Crippen LogP contribution in [0.3, 0.4) is 0 Å². The first-order valence-corrected chi connectivity index (χ1v) is 5.18. The van der Waals surface area contributed by atoms with Gasteiger partial charge in [-0.05, 0) is 0 Å².